The SMILES string of the molecule is CCCN1CCC(NC(=O)c2sc(-c3cccs3)nc2C)CC1. The highest BCUT2D eigenvalue weighted by atomic mass is 32.1. The Labute approximate surface area is 145 Å². The molecule has 0 saturated carbocycles. The third kappa shape index (κ3) is 4.00. The summed E-state index contributed by atoms with van der Waals surface area (Å²) in [6.07, 6.45) is 3.28. The Morgan fingerprint density at radius 1 is 1.43 bits per heavy atom. The van der Waals surface area contributed by atoms with Crippen LogP contribution in [0.4, 0.5) is 0 Å². The van der Waals surface area contributed by atoms with Crippen molar-refractivity contribution in [1.82, 2.24) is 15.2 Å². The van der Waals surface area contributed by atoms with E-state index in [9.17, 15) is 4.79 Å². The number of piperidine rings is 1. The molecule has 1 aliphatic heterocycles. The molecule has 2 aromatic rings. The maximum Gasteiger partial charge on any atom is 0.263 e. The molecule has 0 unspecified atom stereocenters. The van der Waals surface area contributed by atoms with E-state index >= 15 is 0 Å². The van der Waals surface area contributed by atoms with E-state index in [1.165, 1.54) is 24.3 Å². The zero-order chi connectivity index (χ0) is 16.2. The highest BCUT2D eigenvalue weighted by Crippen LogP contribution is 2.31. The average Bonchev–Trinajstić information content (AvgIpc) is 3.18. The van der Waals surface area contributed by atoms with Gasteiger partial charge in [-0.1, -0.05) is 13.0 Å². The number of carbonyl (C=O) groups excluding carboxylic acids is 1. The number of rotatable bonds is 5. The Morgan fingerprint density at radius 3 is 2.87 bits per heavy atom. The van der Waals surface area contributed by atoms with E-state index in [2.05, 4.69) is 22.1 Å². The van der Waals surface area contributed by atoms with Gasteiger partial charge in [-0.15, -0.1) is 22.7 Å². The number of nitrogens with zero attached hydrogens (tertiary/aromatic N) is 2. The van der Waals surface area contributed by atoms with Crippen LogP contribution in [-0.4, -0.2) is 41.5 Å². The molecular weight excluding hydrogens is 326 g/mol. The first-order chi connectivity index (χ1) is 11.2. The Morgan fingerprint density at radius 2 is 2.22 bits per heavy atom. The maximum atomic E-state index is 12.6. The number of thiazole rings is 1. The van der Waals surface area contributed by atoms with E-state index in [0.717, 1.165) is 46.4 Å². The zero-order valence-corrected chi connectivity index (χ0v) is 15.3. The van der Waals surface area contributed by atoms with Crippen molar-refractivity contribution in [3.05, 3.63) is 28.1 Å². The van der Waals surface area contributed by atoms with Crippen molar-refractivity contribution in [2.45, 2.75) is 39.2 Å². The Bertz CT molecular complexity index is 643. The zero-order valence-electron chi connectivity index (χ0n) is 13.7. The molecule has 1 aliphatic rings. The molecule has 2 aromatic heterocycles. The number of nitrogens with one attached hydrogen (secondary N) is 1. The van der Waals surface area contributed by atoms with Crippen molar-refractivity contribution in [1.29, 1.82) is 0 Å². The number of hydrogen-bond acceptors (Lipinski definition) is 5. The van der Waals surface area contributed by atoms with Crippen LogP contribution in [0, 0.1) is 6.92 Å². The quantitative estimate of drug-likeness (QED) is 0.893. The fourth-order valence-electron chi connectivity index (χ4n) is 2.98. The van der Waals surface area contributed by atoms with Gasteiger partial charge in [-0.3, -0.25) is 4.79 Å². The second-order valence-corrected chi connectivity index (χ2v) is 7.95. The minimum absolute atomic E-state index is 0.0387. The van der Waals surface area contributed by atoms with Gasteiger partial charge in [0.1, 0.15) is 9.88 Å². The third-order valence-electron chi connectivity index (χ3n) is 4.20. The molecule has 0 aromatic carbocycles. The molecule has 1 saturated heterocycles. The molecular formula is C17H23N3OS2. The van der Waals surface area contributed by atoms with Crippen LogP contribution in [0.3, 0.4) is 0 Å². The van der Waals surface area contributed by atoms with E-state index in [1.54, 1.807) is 11.3 Å². The van der Waals surface area contributed by atoms with Crippen molar-refractivity contribution in [3.8, 4) is 9.88 Å². The van der Waals surface area contributed by atoms with Crippen LogP contribution in [-0.2, 0) is 0 Å². The van der Waals surface area contributed by atoms with Gasteiger partial charge in [-0.25, -0.2) is 4.98 Å². The van der Waals surface area contributed by atoms with Crippen LogP contribution in [0.2, 0.25) is 0 Å². The van der Waals surface area contributed by atoms with Crippen molar-refractivity contribution in [2.24, 2.45) is 0 Å². The lowest BCUT2D eigenvalue weighted by Crippen LogP contribution is -2.44. The molecule has 0 spiro atoms. The molecule has 124 valence electrons. The van der Waals surface area contributed by atoms with Gasteiger partial charge in [0.25, 0.3) is 5.91 Å². The first kappa shape index (κ1) is 16.6. The number of aromatic nitrogens is 1. The summed E-state index contributed by atoms with van der Waals surface area (Å²) in [5.74, 6) is 0.0387. The summed E-state index contributed by atoms with van der Waals surface area (Å²) in [7, 11) is 0. The highest BCUT2D eigenvalue weighted by Gasteiger charge is 2.23. The second kappa shape index (κ2) is 7.55. The largest absolute Gasteiger partial charge is 0.348 e. The average molecular weight is 350 g/mol. The van der Waals surface area contributed by atoms with Crippen molar-refractivity contribution in [3.63, 3.8) is 0 Å². The van der Waals surface area contributed by atoms with E-state index in [-0.39, 0.29) is 5.91 Å². The van der Waals surface area contributed by atoms with Crippen molar-refractivity contribution >= 4 is 28.6 Å². The first-order valence-electron chi connectivity index (χ1n) is 8.22. The molecule has 4 nitrogen and oxygen atoms in total. The third-order valence-corrected chi connectivity index (χ3v) is 6.39. The van der Waals surface area contributed by atoms with Crippen molar-refractivity contribution in [2.75, 3.05) is 19.6 Å². The van der Waals surface area contributed by atoms with E-state index in [0.29, 0.717) is 6.04 Å². The fourth-order valence-corrected chi connectivity index (χ4v) is 4.75. The van der Waals surface area contributed by atoms with Gasteiger partial charge in [0.2, 0.25) is 0 Å². The second-order valence-electron chi connectivity index (χ2n) is 6.00. The smallest absolute Gasteiger partial charge is 0.263 e. The molecule has 6 heteroatoms. The Balaban J connectivity index is 1.61. The molecule has 0 aliphatic carbocycles. The van der Waals surface area contributed by atoms with Gasteiger partial charge in [-0.05, 0) is 44.2 Å². The summed E-state index contributed by atoms with van der Waals surface area (Å²) < 4.78 is 0. The molecule has 1 amide bonds. The molecule has 0 bridgehead atoms. The summed E-state index contributed by atoms with van der Waals surface area (Å²) in [5, 5.41) is 6.19. The lowest BCUT2D eigenvalue weighted by molar-refractivity contribution is 0.0914. The van der Waals surface area contributed by atoms with Gasteiger partial charge in [0.15, 0.2) is 0 Å². The summed E-state index contributed by atoms with van der Waals surface area (Å²) in [4.78, 5) is 21.5. The van der Waals surface area contributed by atoms with Gasteiger partial charge >= 0.3 is 0 Å². The van der Waals surface area contributed by atoms with Crippen LogP contribution < -0.4 is 5.32 Å². The number of likely N-dealkylation sites (tertiary alicyclic amines) is 1. The number of carbonyl (C=O) groups is 1. The molecule has 0 atom stereocenters. The molecule has 23 heavy (non-hydrogen) atoms. The molecule has 3 heterocycles. The van der Waals surface area contributed by atoms with Crippen molar-refractivity contribution < 1.29 is 4.79 Å². The highest BCUT2D eigenvalue weighted by molar-refractivity contribution is 7.22. The minimum atomic E-state index is 0.0387. The summed E-state index contributed by atoms with van der Waals surface area (Å²) in [5.41, 5.74) is 0.833. The maximum absolute atomic E-state index is 12.6. The summed E-state index contributed by atoms with van der Waals surface area (Å²) >= 11 is 3.16. The van der Waals surface area contributed by atoms with Gasteiger partial charge in [-0.2, -0.15) is 0 Å². The Hall–Kier alpha value is -1.24. The van der Waals surface area contributed by atoms with Crippen LogP contribution >= 0.6 is 22.7 Å². The van der Waals surface area contributed by atoms with Gasteiger partial charge in [0.05, 0.1) is 10.6 Å². The lowest BCUT2D eigenvalue weighted by atomic mass is 10.0. The van der Waals surface area contributed by atoms with E-state index in [4.69, 9.17) is 0 Å². The monoisotopic (exact) mass is 349 g/mol. The number of aryl methyl sites for hydroxylation is 1. The lowest BCUT2D eigenvalue weighted by Gasteiger charge is -2.31. The van der Waals surface area contributed by atoms with Crippen LogP contribution in [0.1, 0.15) is 41.6 Å². The van der Waals surface area contributed by atoms with Gasteiger partial charge < -0.3 is 10.2 Å². The normalized spacial score (nSPS) is 16.6. The minimum Gasteiger partial charge on any atom is -0.348 e. The van der Waals surface area contributed by atoms with Crippen LogP contribution in [0.15, 0.2) is 17.5 Å². The first-order valence-corrected chi connectivity index (χ1v) is 9.91. The molecule has 1 N–H and O–H groups in total. The molecule has 1 fully saturated rings. The standard InChI is InChI=1S/C17H23N3OS2/c1-3-8-20-9-6-13(7-10-20)19-16(21)15-12(2)18-17(23-15)14-5-4-11-22-14/h4-5,11,13H,3,6-10H2,1-2H3,(H,19,21). The Kier molecular flexibility index (Phi) is 5.46. The number of hydrogen-bond donors (Lipinski definition) is 1. The molecule has 3 rings (SSSR count). The number of amides is 1. The van der Waals surface area contributed by atoms with E-state index < -0.39 is 0 Å². The van der Waals surface area contributed by atoms with Gasteiger partial charge in [0, 0.05) is 19.1 Å². The summed E-state index contributed by atoms with van der Waals surface area (Å²) in [6, 6.07) is 4.36. The molecule has 0 radical (unpaired) electrons. The summed E-state index contributed by atoms with van der Waals surface area (Å²) in [6.45, 7) is 7.47. The predicted octanol–water partition coefficient (Wildman–Crippen LogP) is 3.78. The number of thiophene rings is 1. The van der Waals surface area contributed by atoms with Crippen LogP contribution in [0.5, 0.6) is 0 Å². The predicted molar refractivity (Wildman–Crippen MR) is 97.4 cm³/mol. The van der Waals surface area contributed by atoms with Crippen LogP contribution in [0.25, 0.3) is 9.88 Å². The van der Waals surface area contributed by atoms with E-state index in [1.807, 2.05) is 24.4 Å². The fraction of sp³-hybridized carbons (Fsp3) is 0.529. The topological polar surface area (TPSA) is 45.2 Å².